The molecule has 11 heteroatoms. The van der Waals surface area contributed by atoms with Crippen molar-refractivity contribution in [1.82, 2.24) is 9.21 Å². The molecule has 0 radical (unpaired) electrons. The molecule has 0 aromatic heterocycles. The Hall–Kier alpha value is -3.25. The summed E-state index contributed by atoms with van der Waals surface area (Å²) in [7, 11) is -2.20. The number of rotatable bonds is 8. The highest BCUT2D eigenvalue weighted by molar-refractivity contribution is 7.89. The van der Waals surface area contributed by atoms with Gasteiger partial charge in [-0.05, 0) is 48.4 Å². The van der Waals surface area contributed by atoms with Crippen LogP contribution in [0.2, 0.25) is 0 Å². The number of carbonyl (C=O) groups excluding carboxylic acids is 2. The van der Waals surface area contributed by atoms with Gasteiger partial charge in [0.05, 0.1) is 29.7 Å². The monoisotopic (exact) mass is 516 g/mol. The number of ketones is 1. The molecule has 2 aromatic carbocycles. The predicted octanol–water partition coefficient (Wildman–Crippen LogP) is 1.87. The maximum absolute atomic E-state index is 13.0. The van der Waals surface area contributed by atoms with E-state index < -0.39 is 33.5 Å². The summed E-state index contributed by atoms with van der Waals surface area (Å²) in [6.45, 7) is 1.74. The molecular weight excluding hydrogens is 488 g/mol. The van der Waals surface area contributed by atoms with E-state index in [0.717, 1.165) is 0 Å². The minimum atomic E-state index is -3.73. The Labute approximate surface area is 209 Å². The van der Waals surface area contributed by atoms with E-state index in [9.17, 15) is 28.2 Å². The molecule has 0 aliphatic carbocycles. The van der Waals surface area contributed by atoms with Crippen molar-refractivity contribution < 1.29 is 37.7 Å². The van der Waals surface area contributed by atoms with Crippen molar-refractivity contribution in [3.05, 3.63) is 65.2 Å². The third-order valence-electron chi connectivity index (χ3n) is 6.23. The number of sulfonamides is 1. The van der Waals surface area contributed by atoms with Crippen LogP contribution in [0.15, 0.2) is 59.0 Å². The summed E-state index contributed by atoms with van der Waals surface area (Å²) < 4.78 is 37.4. The smallest absolute Gasteiger partial charge is 0.295 e. The van der Waals surface area contributed by atoms with Crippen molar-refractivity contribution >= 4 is 27.5 Å². The highest BCUT2D eigenvalue weighted by Crippen LogP contribution is 2.40. The van der Waals surface area contributed by atoms with Gasteiger partial charge in [0.1, 0.15) is 11.5 Å². The van der Waals surface area contributed by atoms with Gasteiger partial charge in [-0.25, -0.2) is 8.42 Å². The van der Waals surface area contributed by atoms with Gasteiger partial charge in [0, 0.05) is 38.9 Å². The first-order valence-corrected chi connectivity index (χ1v) is 12.9. The number of carbonyl (C=O) groups is 2. The lowest BCUT2D eigenvalue weighted by Gasteiger charge is -2.26. The van der Waals surface area contributed by atoms with Crippen molar-refractivity contribution in [1.29, 1.82) is 0 Å². The first-order chi connectivity index (χ1) is 17.3. The van der Waals surface area contributed by atoms with Gasteiger partial charge < -0.3 is 24.6 Å². The third kappa shape index (κ3) is 5.00. The zero-order valence-electron chi connectivity index (χ0n) is 19.8. The molecule has 2 aromatic rings. The van der Waals surface area contributed by atoms with E-state index in [2.05, 4.69) is 0 Å². The molecule has 10 nitrogen and oxygen atoms in total. The fourth-order valence-corrected chi connectivity index (χ4v) is 5.78. The molecule has 192 valence electrons. The quantitative estimate of drug-likeness (QED) is 0.235. The molecule has 36 heavy (non-hydrogen) atoms. The largest absolute Gasteiger partial charge is 0.508 e. The summed E-state index contributed by atoms with van der Waals surface area (Å²) >= 11 is 0. The number of hydrogen-bond acceptors (Lipinski definition) is 8. The standard InChI is InChI=1S/C25H28N2O8S/c1-34-14-2-11-27-22(17-3-7-19(28)8-4-17)21(24(30)25(27)31)23(29)18-5-9-20(10-6-18)36(32,33)26-12-15-35-16-13-26/h3-10,22,28-29H,2,11-16H2,1H3/b23-21+/t22-/m1/s1. The molecule has 0 saturated carbocycles. The fourth-order valence-electron chi connectivity index (χ4n) is 4.37. The second kappa shape index (κ2) is 10.8. The SMILES string of the molecule is COCCCN1C(=O)C(=O)/C(=C(/O)c2ccc(S(=O)(=O)N3CCOCC3)cc2)[C@H]1c1ccc(O)cc1. The van der Waals surface area contributed by atoms with E-state index in [0.29, 0.717) is 31.8 Å². The highest BCUT2D eigenvalue weighted by Gasteiger charge is 2.45. The molecule has 2 heterocycles. The van der Waals surface area contributed by atoms with E-state index in [4.69, 9.17) is 9.47 Å². The van der Waals surface area contributed by atoms with E-state index in [1.54, 1.807) is 12.1 Å². The summed E-state index contributed by atoms with van der Waals surface area (Å²) in [6, 6.07) is 10.7. The van der Waals surface area contributed by atoms with Gasteiger partial charge in [-0.2, -0.15) is 4.31 Å². The van der Waals surface area contributed by atoms with Gasteiger partial charge in [-0.3, -0.25) is 9.59 Å². The van der Waals surface area contributed by atoms with Crippen LogP contribution >= 0.6 is 0 Å². The van der Waals surface area contributed by atoms with E-state index >= 15 is 0 Å². The number of aliphatic hydroxyl groups excluding tert-OH is 1. The number of aliphatic hydroxyl groups is 1. The third-order valence-corrected chi connectivity index (χ3v) is 8.14. The Morgan fingerprint density at radius 3 is 2.31 bits per heavy atom. The number of amides is 1. The maximum atomic E-state index is 13.0. The van der Waals surface area contributed by atoms with Crippen molar-refractivity contribution in [3.63, 3.8) is 0 Å². The normalized spacial score (nSPS) is 20.7. The zero-order chi connectivity index (χ0) is 25.9. The van der Waals surface area contributed by atoms with Crippen LogP contribution in [0.25, 0.3) is 5.76 Å². The molecular formula is C25H28N2O8S. The number of methoxy groups -OCH3 is 1. The number of ether oxygens (including phenoxy) is 2. The highest BCUT2D eigenvalue weighted by atomic mass is 32.2. The summed E-state index contributed by atoms with van der Waals surface area (Å²) in [6.07, 6.45) is 0.478. The molecule has 2 saturated heterocycles. The number of aromatic hydroxyl groups is 1. The first kappa shape index (κ1) is 25.8. The van der Waals surface area contributed by atoms with Crippen LogP contribution in [0.4, 0.5) is 0 Å². The van der Waals surface area contributed by atoms with Crippen LogP contribution in [-0.2, 0) is 29.1 Å². The van der Waals surface area contributed by atoms with Crippen molar-refractivity contribution in [2.24, 2.45) is 0 Å². The lowest BCUT2D eigenvalue weighted by Crippen LogP contribution is -2.40. The number of Topliss-reactive ketones (excluding diaryl/α,β-unsaturated/α-hetero) is 1. The van der Waals surface area contributed by atoms with Crippen molar-refractivity contribution in [3.8, 4) is 5.75 Å². The van der Waals surface area contributed by atoms with Gasteiger partial charge in [0.2, 0.25) is 10.0 Å². The number of phenols is 1. The minimum Gasteiger partial charge on any atom is -0.508 e. The Morgan fingerprint density at radius 2 is 1.69 bits per heavy atom. The summed E-state index contributed by atoms with van der Waals surface area (Å²) in [5.74, 6) is -1.98. The van der Waals surface area contributed by atoms with Gasteiger partial charge in [-0.1, -0.05) is 12.1 Å². The molecule has 2 aliphatic rings. The van der Waals surface area contributed by atoms with Crippen LogP contribution in [0.1, 0.15) is 23.6 Å². The van der Waals surface area contributed by atoms with Crippen molar-refractivity contribution in [2.75, 3.05) is 46.6 Å². The molecule has 2 N–H and O–H groups in total. The summed E-state index contributed by atoms with van der Waals surface area (Å²) in [5, 5.41) is 20.9. The van der Waals surface area contributed by atoms with Crippen LogP contribution < -0.4 is 0 Å². The van der Waals surface area contributed by atoms with E-state index in [1.807, 2.05) is 0 Å². The van der Waals surface area contributed by atoms with E-state index in [1.165, 1.54) is 52.7 Å². The molecule has 0 spiro atoms. The van der Waals surface area contributed by atoms with Crippen LogP contribution in [-0.4, -0.2) is 86.1 Å². The Balaban J connectivity index is 1.71. The maximum Gasteiger partial charge on any atom is 0.295 e. The molecule has 1 amide bonds. The number of likely N-dealkylation sites (tertiary alicyclic amines) is 1. The Bertz CT molecular complexity index is 1250. The average molecular weight is 517 g/mol. The van der Waals surface area contributed by atoms with Crippen LogP contribution in [0.3, 0.4) is 0 Å². The molecule has 1 atom stereocenters. The number of phenolic OH excluding ortho intramolecular Hbond substituents is 1. The lowest BCUT2D eigenvalue weighted by atomic mass is 9.95. The van der Waals surface area contributed by atoms with Gasteiger partial charge in [0.25, 0.3) is 11.7 Å². The van der Waals surface area contributed by atoms with Crippen molar-refractivity contribution in [2.45, 2.75) is 17.4 Å². The van der Waals surface area contributed by atoms with Gasteiger partial charge >= 0.3 is 0 Å². The predicted molar refractivity (Wildman–Crippen MR) is 130 cm³/mol. The Morgan fingerprint density at radius 1 is 1.06 bits per heavy atom. The number of nitrogens with zero attached hydrogens (tertiary/aromatic N) is 2. The van der Waals surface area contributed by atoms with Gasteiger partial charge in [-0.15, -0.1) is 0 Å². The van der Waals surface area contributed by atoms with Crippen LogP contribution in [0.5, 0.6) is 5.75 Å². The molecule has 2 aliphatic heterocycles. The summed E-state index contributed by atoms with van der Waals surface area (Å²) in [4.78, 5) is 27.4. The number of morpholine rings is 1. The molecule has 4 rings (SSSR count). The average Bonchev–Trinajstić information content (AvgIpc) is 3.14. The Kier molecular flexibility index (Phi) is 7.74. The van der Waals surface area contributed by atoms with E-state index in [-0.39, 0.29) is 41.4 Å². The second-order valence-corrected chi connectivity index (χ2v) is 10.4. The second-order valence-electron chi connectivity index (χ2n) is 8.47. The lowest BCUT2D eigenvalue weighted by molar-refractivity contribution is -0.140. The minimum absolute atomic E-state index is 0.0205. The molecule has 2 fully saturated rings. The first-order valence-electron chi connectivity index (χ1n) is 11.5. The number of benzene rings is 2. The fraction of sp³-hybridized carbons (Fsp3) is 0.360. The zero-order valence-corrected chi connectivity index (χ0v) is 20.6. The number of hydrogen-bond donors (Lipinski definition) is 2. The van der Waals surface area contributed by atoms with Crippen LogP contribution in [0, 0.1) is 0 Å². The molecule has 0 unspecified atom stereocenters. The van der Waals surface area contributed by atoms with Gasteiger partial charge in [0.15, 0.2) is 0 Å². The molecule has 0 bridgehead atoms. The topological polar surface area (TPSA) is 134 Å². The summed E-state index contributed by atoms with van der Waals surface area (Å²) in [5.41, 5.74) is 0.638.